The van der Waals surface area contributed by atoms with Crippen molar-refractivity contribution in [3.63, 3.8) is 0 Å². The molecule has 0 saturated carbocycles. The summed E-state index contributed by atoms with van der Waals surface area (Å²) in [5.41, 5.74) is 1.95. The molecular formula is C13H17NO3. The molecule has 0 aromatic heterocycles. The van der Waals surface area contributed by atoms with Crippen molar-refractivity contribution < 1.29 is 14.6 Å². The van der Waals surface area contributed by atoms with E-state index in [4.69, 9.17) is 9.84 Å². The molecule has 2 rings (SSSR count). The van der Waals surface area contributed by atoms with Crippen LogP contribution in [0.3, 0.4) is 0 Å². The Kier molecular flexibility index (Phi) is 3.98. The molecule has 4 heteroatoms. The first-order valence-electron chi connectivity index (χ1n) is 5.96. The van der Waals surface area contributed by atoms with Crippen molar-refractivity contribution in [3.8, 4) is 5.75 Å². The third-order valence-electron chi connectivity index (χ3n) is 2.75. The third-order valence-corrected chi connectivity index (χ3v) is 2.75. The van der Waals surface area contributed by atoms with Crippen LogP contribution < -0.4 is 10.1 Å². The average molecular weight is 235 g/mol. The van der Waals surface area contributed by atoms with E-state index in [1.54, 1.807) is 0 Å². The first-order valence-corrected chi connectivity index (χ1v) is 5.96. The van der Waals surface area contributed by atoms with Crippen LogP contribution in [0.4, 0.5) is 5.69 Å². The fourth-order valence-electron chi connectivity index (χ4n) is 1.90. The molecule has 1 aromatic carbocycles. The zero-order chi connectivity index (χ0) is 12.1. The maximum absolute atomic E-state index is 11.5. The van der Waals surface area contributed by atoms with Crippen LogP contribution in [0.5, 0.6) is 5.75 Å². The van der Waals surface area contributed by atoms with Gasteiger partial charge in [-0.3, -0.25) is 4.79 Å². The fraction of sp³-hybridized carbons (Fsp3) is 0.462. The Hall–Kier alpha value is -1.55. The van der Waals surface area contributed by atoms with Crippen molar-refractivity contribution in [1.82, 2.24) is 0 Å². The van der Waals surface area contributed by atoms with E-state index in [1.807, 2.05) is 18.2 Å². The molecule has 1 aromatic rings. The molecule has 17 heavy (non-hydrogen) atoms. The van der Waals surface area contributed by atoms with Gasteiger partial charge in [0.25, 0.3) is 0 Å². The minimum absolute atomic E-state index is 0.0471. The summed E-state index contributed by atoms with van der Waals surface area (Å²) in [7, 11) is 0. The summed E-state index contributed by atoms with van der Waals surface area (Å²) in [4.78, 5) is 11.5. The average Bonchev–Trinajstić information content (AvgIpc) is 2.36. The number of carbonyl (C=O) groups excluding carboxylic acids is 1. The second kappa shape index (κ2) is 5.68. The number of benzene rings is 1. The Morgan fingerprint density at radius 3 is 3.18 bits per heavy atom. The standard InChI is InChI=1S/C13H17NO3/c15-7-1-4-13(16)14-11-5-6-12-10(9-11)3-2-8-17-12/h5-6,9,15H,1-4,7-8H2,(H,14,16). The SMILES string of the molecule is O=C(CCCO)Nc1ccc2c(c1)CCCO2. The van der Waals surface area contributed by atoms with Gasteiger partial charge in [0, 0.05) is 18.7 Å². The largest absolute Gasteiger partial charge is 0.493 e. The van der Waals surface area contributed by atoms with Crippen molar-refractivity contribution in [2.24, 2.45) is 0 Å². The van der Waals surface area contributed by atoms with Crippen molar-refractivity contribution in [2.45, 2.75) is 25.7 Å². The number of nitrogens with one attached hydrogen (secondary N) is 1. The van der Waals surface area contributed by atoms with E-state index in [9.17, 15) is 4.79 Å². The summed E-state index contributed by atoms with van der Waals surface area (Å²) >= 11 is 0. The number of rotatable bonds is 4. The van der Waals surface area contributed by atoms with Crippen LogP contribution in [-0.4, -0.2) is 24.2 Å². The highest BCUT2D eigenvalue weighted by atomic mass is 16.5. The topological polar surface area (TPSA) is 58.6 Å². The molecule has 1 aliphatic heterocycles. The molecule has 1 amide bonds. The number of aryl methyl sites for hydroxylation is 1. The van der Waals surface area contributed by atoms with Gasteiger partial charge in [-0.15, -0.1) is 0 Å². The molecule has 1 aliphatic rings. The first-order chi connectivity index (χ1) is 8.29. The number of hydrogen-bond donors (Lipinski definition) is 2. The van der Waals surface area contributed by atoms with Gasteiger partial charge in [0.2, 0.25) is 5.91 Å². The first kappa shape index (κ1) is 11.9. The van der Waals surface area contributed by atoms with Gasteiger partial charge in [0.1, 0.15) is 5.75 Å². The van der Waals surface area contributed by atoms with Gasteiger partial charge >= 0.3 is 0 Å². The Morgan fingerprint density at radius 1 is 1.47 bits per heavy atom. The highest BCUT2D eigenvalue weighted by Crippen LogP contribution is 2.27. The molecular weight excluding hydrogens is 218 g/mol. The number of aliphatic hydroxyl groups is 1. The number of amides is 1. The molecule has 0 atom stereocenters. The predicted octanol–water partition coefficient (Wildman–Crippen LogP) is 1.72. The van der Waals surface area contributed by atoms with Crippen LogP contribution in [0.25, 0.3) is 0 Å². The molecule has 0 aliphatic carbocycles. The van der Waals surface area contributed by atoms with Gasteiger partial charge in [-0.05, 0) is 43.0 Å². The number of ether oxygens (including phenoxy) is 1. The zero-order valence-corrected chi connectivity index (χ0v) is 9.74. The fourth-order valence-corrected chi connectivity index (χ4v) is 1.90. The van der Waals surface area contributed by atoms with E-state index in [1.165, 1.54) is 0 Å². The molecule has 0 radical (unpaired) electrons. The summed E-state index contributed by atoms with van der Waals surface area (Å²) in [6.07, 6.45) is 2.87. The molecule has 0 fully saturated rings. The molecule has 0 saturated heterocycles. The van der Waals surface area contributed by atoms with Crippen LogP contribution in [0.1, 0.15) is 24.8 Å². The van der Waals surface area contributed by atoms with Gasteiger partial charge in [-0.25, -0.2) is 0 Å². The third kappa shape index (κ3) is 3.20. The Balaban J connectivity index is 1.99. The van der Waals surface area contributed by atoms with Gasteiger partial charge in [-0.2, -0.15) is 0 Å². The van der Waals surface area contributed by atoms with Crippen molar-refractivity contribution >= 4 is 11.6 Å². The molecule has 4 nitrogen and oxygen atoms in total. The van der Waals surface area contributed by atoms with Crippen LogP contribution in [0.2, 0.25) is 0 Å². The minimum Gasteiger partial charge on any atom is -0.493 e. The minimum atomic E-state index is -0.0595. The van der Waals surface area contributed by atoms with Crippen molar-refractivity contribution in [3.05, 3.63) is 23.8 Å². The number of anilines is 1. The Labute approximate surface area is 101 Å². The lowest BCUT2D eigenvalue weighted by Crippen LogP contribution is -2.13. The predicted molar refractivity (Wildman–Crippen MR) is 65.2 cm³/mol. The molecule has 1 heterocycles. The maximum Gasteiger partial charge on any atom is 0.224 e. The van der Waals surface area contributed by atoms with Gasteiger partial charge in [0.15, 0.2) is 0 Å². The van der Waals surface area contributed by atoms with E-state index in [2.05, 4.69) is 5.32 Å². The molecule has 0 spiro atoms. The Bertz CT molecular complexity index is 404. The van der Waals surface area contributed by atoms with Crippen LogP contribution in [-0.2, 0) is 11.2 Å². The summed E-state index contributed by atoms with van der Waals surface area (Å²) in [6, 6.07) is 5.71. The number of hydrogen-bond acceptors (Lipinski definition) is 3. The van der Waals surface area contributed by atoms with Crippen LogP contribution in [0, 0.1) is 0 Å². The molecule has 2 N–H and O–H groups in total. The second-order valence-corrected chi connectivity index (χ2v) is 4.15. The van der Waals surface area contributed by atoms with Gasteiger partial charge < -0.3 is 15.2 Å². The summed E-state index contributed by atoms with van der Waals surface area (Å²) in [5, 5.41) is 11.5. The van der Waals surface area contributed by atoms with Gasteiger partial charge in [0.05, 0.1) is 6.61 Å². The highest BCUT2D eigenvalue weighted by Gasteiger charge is 2.11. The second-order valence-electron chi connectivity index (χ2n) is 4.15. The smallest absolute Gasteiger partial charge is 0.224 e. The monoisotopic (exact) mass is 235 g/mol. The van der Waals surface area contributed by atoms with E-state index in [0.717, 1.165) is 36.4 Å². The summed E-state index contributed by atoms with van der Waals surface area (Å²) < 4.78 is 5.50. The summed E-state index contributed by atoms with van der Waals surface area (Å²) in [6.45, 7) is 0.820. The van der Waals surface area contributed by atoms with Crippen LogP contribution >= 0.6 is 0 Å². The normalized spacial score (nSPS) is 13.7. The van der Waals surface area contributed by atoms with Crippen LogP contribution in [0.15, 0.2) is 18.2 Å². The quantitative estimate of drug-likeness (QED) is 0.835. The summed E-state index contributed by atoms with van der Waals surface area (Å²) in [5.74, 6) is 0.861. The number of aliphatic hydroxyl groups excluding tert-OH is 1. The maximum atomic E-state index is 11.5. The molecule has 0 unspecified atom stereocenters. The highest BCUT2D eigenvalue weighted by molar-refractivity contribution is 5.90. The van der Waals surface area contributed by atoms with Crippen molar-refractivity contribution in [2.75, 3.05) is 18.5 Å². The lowest BCUT2D eigenvalue weighted by Gasteiger charge is -2.18. The lowest BCUT2D eigenvalue weighted by atomic mass is 10.1. The van der Waals surface area contributed by atoms with Crippen molar-refractivity contribution in [1.29, 1.82) is 0 Å². The van der Waals surface area contributed by atoms with E-state index in [-0.39, 0.29) is 12.5 Å². The van der Waals surface area contributed by atoms with E-state index >= 15 is 0 Å². The number of fused-ring (bicyclic) bond motifs is 1. The van der Waals surface area contributed by atoms with E-state index < -0.39 is 0 Å². The van der Waals surface area contributed by atoms with E-state index in [0.29, 0.717) is 12.8 Å². The zero-order valence-electron chi connectivity index (χ0n) is 9.74. The molecule has 92 valence electrons. The molecule has 0 bridgehead atoms. The lowest BCUT2D eigenvalue weighted by molar-refractivity contribution is -0.116. The number of carbonyl (C=O) groups is 1. The Morgan fingerprint density at radius 2 is 2.35 bits per heavy atom. The van der Waals surface area contributed by atoms with Gasteiger partial charge in [-0.1, -0.05) is 0 Å².